The molecule has 42 heavy (non-hydrogen) atoms. The van der Waals surface area contributed by atoms with E-state index in [0.29, 0.717) is 44.9 Å². The molecular formula is C32H27Cl2N3O4S. The molecule has 0 spiro atoms. The highest BCUT2D eigenvalue weighted by molar-refractivity contribution is 8.00. The number of amides is 3. The highest BCUT2D eigenvalue weighted by atomic mass is 35.5. The first kappa shape index (κ1) is 30.7. The third-order valence-corrected chi connectivity index (χ3v) is 7.43. The summed E-state index contributed by atoms with van der Waals surface area (Å²) in [5.74, 6) is -0.313. The minimum absolute atomic E-state index is 0.0621. The number of benzene rings is 4. The summed E-state index contributed by atoms with van der Waals surface area (Å²) in [5.41, 5.74) is 2.23. The van der Waals surface area contributed by atoms with E-state index >= 15 is 0 Å². The van der Waals surface area contributed by atoms with E-state index in [9.17, 15) is 14.4 Å². The quantitative estimate of drug-likeness (QED) is 0.119. The first-order valence-corrected chi connectivity index (χ1v) is 14.6. The summed E-state index contributed by atoms with van der Waals surface area (Å²) in [5, 5.41) is 9.10. The molecule has 0 atom stereocenters. The zero-order chi connectivity index (χ0) is 29.9. The Hall–Kier alpha value is -4.24. The van der Waals surface area contributed by atoms with Crippen molar-refractivity contribution in [3.05, 3.63) is 124 Å². The molecule has 0 aliphatic rings. The average Bonchev–Trinajstić information content (AvgIpc) is 2.99. The summed E-state index contributed by atoms with van der Waals surface area (Å²) >= 11 is 13.3. The molecule has 0 aliphatic heterocycles. The predicted molar refractivity (Wildman–Crippen MR) is 170 cm³/mol. The second-order valence-electron chi connectivity index (χ2n) is 8.83. The maximum absolute atomic E-state index is 13.4. The van der Waals surface area contributed by atoms with Gasteiger partial charge in [-0.3, -0.25) is 14.4 Å². The van der Waals surface area contributed by atoms with Crippen LogP contribution in [0.1, 0.15) is 22.8 Å². The highest BCUT2D eigenvalue weighted by Crippen LogP contribution is 2.26. The van der Waals surface area contributed by atoms with E-state index in [4.69, 9.17) is 27.9 Å². The lowest BCUT2D eigenvalue weighted by Gasteiger charge is -2.12. The SMILES string of the molecule is CCOc1ccc(/C=C(/NC(=O)c2ccccc2)C(=O)Nc2cccc(SCC(=O)Nc3ccc(Cl)c(Cl)c3)c2)cc1. The first-order chi connectivity index (χ1) is 20.3. The first-order valence-electron chi connectivity index (χ1n) is 12.9. The molecular weight excluding hydrogens is 593 g/mol. The van der Waals surface area contributed by atoms with Crippen LogP contribution in [0.2, 0.25) is 10.0 Å². The number of hydrogen-bond acceptors (Lipinski definition) is 5. The van der Waals surface area contributed by atoms with Crippen molar-refractivity contribution in [3.8, 4) is 5.75 Å². The maximum atomic E-state index is 13.4. The van der Waals surface area contributed by atoms with Crippen molar-refractivity contribution in [2.24, 2.45) is 0 Å². The minimum Gasteiger partial charge on any atom is -0.494 e. The van der Waals surface area contributed by atoms with Crippen LogP contribution in [0.5, 0.6) is 5.75 Å². The lowest BCUT2D eigenvalue weighted by Crippen LogP contribution is -2.30. The zero-order valence-electron chi connectivity index (χ0n) is 22.5. The number of carbonyl (C=O) groups excluding carboxylic acids is 3. The number of rotatable bonds is 11. The van der Waals surface area contributed by atoms with Gasteiger partial charge in [0.05, 0.1) is 22.4 Å². The molecule has 0 bridgehead atoms. The van der Waals surface area contributed by atoms with Gasteiger partial charge in [-0.2, -0.15) is 0 Å². The number of carbonyl (C=O) groups is 3. The van der Waals surface area contributed by atoms with Gasteiger partial charge >= 0.3 is 0 Å². The van der Waals surface area contributed by atoms with Crippen molar-refractivity contribution in [1.29, 1.82) is 0 Å². The van der Waals surface area contributed by atoms with Gasteiger partial charge in [0.1, 0.15) is 11.4 Å². The van der Waals surface area contributed by atoms with Gasteiger partial charge in [-0.15, -0.1) is 11.8 Å². The van der Waals surface area contributed by atoms with Crippen molar-refractivity contribution in [1.82, 2.24) is 5.32 Å². The Morgan fingerprint density at radius 2 is 1.55 bits per heavy atom. The molecule has 4 rings (SSSR count). The number of anilines is 2. The molecule has 10 heteroatoms. The number of nitrogens with one attached hydrogen (secondary N) is 3. The van der Waals surface area contributed by atoms with Gasteiger partial charge in [0.2, 0.25) is 5.91 Å². The van der Waals surface area contributed by atoms with Crippen LogP contribution >= 0.6 is 35.0 Å². The van der Waals surface area contributed by atoms with Crippen LogP contribution in [-0.2, 0) is 9.59 Å². The Morgan fingerprint density at radius 1 is 0.810 bits per heavy atom. The van der Waals surface area contributed by atoms with Gasteiger partial charge in [0, 0.05) is 21.8 Å². The van der Waals surface area contributed by atoms with Crippen LogP contribution in [0, 0.1) is 0 Å². The Morgan fingerprint density at radius 3 is 2.26 bits per heavy atom. The van der Waals surface area contributed by atoms with Crippen molar-refractivity contribution in [3.63, 3.8) is 0 Å². The fourth-order valence-corrected chi connectivity index (χ4v) is 4.77. The molecule has 0 fully saturated rings. The number of thioether (sulfide) groups is 1. The topological polar surface area (TPSA) is 96.5 Å². The second kappa shape index (κ2) is 15.1. The molecule has 0 heterocycles. The lowest BCUT2D eigenvalue weighted by molar-refractivity contribution is -0.114. The molecule has 0 saturated carbocycles. The van der Waals surface area contributed by atoms with E-state index in [1.807, 2.05) is 19.1 Å². The van der Waals surface area contributed by atoms with Crippen molar-refractivity contribution < 1.29 is 19.1 Å². The molecule has 214 valence electrons. The molecule has 0 aromatic heterocycles. The smallest absolute Gasteiger partial charge is 0.272 e. The fraction of sp³-hybridized carbons (Fsp3) is 0.0938. The summed E-state index contributed by atoms with van der Waals surface area (Å²) in [6.07, 6.45) is 1.60. The largest absolute Gasteiger partial charge is 0.494 e. The van der Waals surface area contributed by atoms with Crippen LogP contribution in [-0.4, -0.2) is 30.1 Å². The van der Waals surface area contributed by atoms with E-state index < -0.39 is 11.8 Å². The average molecular weight is 621 g/mol. The van der Waals surface area contributed by atoms with E-state index in [0.717, 1.165) is 4.90 Å². The van der Waals surface area contributed by atoms with E-state index in [1.165, 1.54) is 11.8 Å². The summed E-state index contributed by atoms with van der Waals surface area (Å²) in [4.78, 5) is 39.5. The van der Waals surface area contributed by atoms with E-state index in [1.54, 1.807) is 91.0 Å². The van der Waals surface area contributed by atoms with Gasteiger partial charge in [0.15, 0.2) is 0 Å². The van der Waals surface area contributed by atoms with E-state index in [2.05, 4.69) is 16.0 Å². The molecule has 0 saturated heterocycles. The molecule has 3 amide bonds. The third-order valence-electron chi connectivity index (χ3n) is 5.70. The van der Waals surface area contributed by atoms with Gasteiger partial charge in [0.25, 0.3) is 11.8 Å². The molecule has 0 radical (unpaired) electrons. The van der Waals surface area contributed by atoms with Gasteiger partial charge < -0.3 is 20.7 Å². The summed E-state index contributed by atoms with van der Waals surface area (Å²) in [7, 11) is 0. The fourth-order valence-electron chi connectivity index (χ4n) is 3.72. The summed E-state index contributed by atoms with van der Waals surface area (Å²) < 4.78 is 5.49. The van der Waals surface area contributed by atoms with Gasteiger partial charge in [-0.25, -0.2) is 0 Å². The van der Waals surface area contributed by atoms with Crippen LogP contribution in [0.25, 0.3) is 6.08 Å². The highest BCUT2D eigenvalue weighted by Gasteiger charge is 2.16. The standard InChI is InChI=1S/C32H27Cl2N3O4S/c1-2-41-25-14-11-21(12-15-25)17-29(37-31(39)22-7-4-3-5-8-22)32(40)36-23-9-6-10-26(18-23)42-20-30(38)35-24-13-16-27(33)28(34)19-24/h3-19H,2,20H2,1H3,(H,35,38)(H,36,40)(H,37,39)/b29-17+. The number of hydrogen-bond donors (Lipinski definition) is 3. The van der Waals surface area contributed by atoms with Crippen LogP contribution in [0.15, 0.2) is 108 Å². The molecule has 4 aromatic carbocycles. The Labute approximate surface area is 258 Å². The van der Waals surface area contributed by atoms with Crippen LogP contribution in [0.3, 0.4) is 0 Å². The van der Waals surface area contributed by atoms with Crippen molar-refractivity contribution >= 4 is 70.1 Å². The molecule has 0 aliphatic carbocycles. The van der Waals surface area contributed by atoms with Crippen LogP contribution in [0.4, 0.5) is 11.4 Å². The van der Waals surface area contributed by atoms with Crippen molar-refractivity contribution in [2.75, 3.05) is 23.0 Å². The monoisotopic (exact) mass is 619 g/mol. The molecule has 7 nitrogen and oxygen atoms in total. The van der Waals surface area contributed by atoms with Gasteiger partial charge in [-0.05, 0) is 79.2 Å². The Bertz CT molecular complexity index is 1600. The molecule has 3 N–H and O–H groups in total. The second-order valence-corrected chi connectivity index (χ2v) is 10.7. The minimum atomic E-state index is -0.507. The normalized spacial score (nSPS) is 11.0. The molecule has 4 aromatic rings. The van der Waals surface area contributed by atoms with Crippen molar-refractivity contribution in [2.45, 2.75) is 11.8 Å². The molecule has 0 unspecified atom stereocenters. The number of ether oxygens (including phenoxy) is 1. The van der Waals surface area contributed by atoms with E-state index in [-0.39, 0.29) is 17.4 Å². The summed E-state index contributed by atoms with van der Waals surface area (Å²) in [6, 6.07) is 27.8. The maximum Gasteiger partial charge on any atom is 0.272 e. The third kappa shape index (κ3) is 9.14. The zero-order valence-corrected chi connectivity index (χ0v) is 24.9. The summed E-state index contributed by atoms with van der Waals surface area (Å²) in [6.45, 7) is 2.44. The Balaban J connectivity index is 1.45. The lowest BCUT2D eigenvalue weighted by atomic mass is 10.1. The van der Waals surface area contributed by atoms with Crippen LogP contribution < -0.4 is 20.7 Å². The predicted octanol–water partition coefficient (Wildman–Crippen LogP) is 7.53. The van der Waals surface area contributed by atoms with Gasteiger partial charge in [-0.1, -0.05) is 59.6 Å². The Kier molecular flexibility index (Phi) is 11.1. The number of halogens is 2.